The number of hydrogen-bond acceptors (Lipinski definition) is 2. The minimum absolute atomic E-state index is 0.479. The van der Waals surface area contributed by atoms with Gasteiger partial charge in [0, 0.05) is 6.61 Å². The van der Waals surface area contributed by atoms with Gasteiger partial charge in [-0.1, -0.05) is 12.2 Å². The summed E-state index contributed by atoms with van der Waals surface area (Å²) >= 11 is 0. The van der Waals surface area contributed by atoms with Crippen molar-refractivity contribution in [3.8, 4) is 0 Å². The number of nitrogens with two attached hydrogens (primary N) is 1. The van der Waals surface area contributed by atoms with Crippen molar-refractivity contribution >= 4 is 0 Å². The van der Waals surface area contributed by atoms with E-state index >= 15 is 0 Å². The van der Waals surface area contributed by atoms with Crippen molar-refractivity contribution in [3.63, 3.8) is 0 Å². The Labute approximate surface area is 74.8 Å². The van der Waals surface area contributed by atoms with Gasteiger partial charge in [-0.2, -0.15) is 0 Å². The van der Waals surface area contributed by atoms with Crippen LogP contribution in [0.5, 0.6) is 0 Å². The Balaban J connectivity index is 1.95. The summed E-state index contributed by atoms with van der Waals surface area (Å²) in [5.41, 5.74) is 5.38. The van der Waals surface area contributed by atoms with Gasteiger partial charge in [0.05, 0.1) is 6.10 Å². The number of allylic oxidation sites excluding steroid dienone is 1. The molecule has 0 spiro atoms. The summed E-state index contributed by atoms with van der Waals surface area (Å²) in [6.07, 6.45) is 10.6. The Morgan fingerprint density at radius 1 is 1.33 bits per heavy atom. The molecule has 0 amide bonds. The van der Waals surface area contributed by atoms with Gasteiger partial charge in [0.25, 0.3) is 0 Å². The summed E-state index contributed by atoms with van der Waals surface area (Å²) in [5.74, 6) is 0. The first-order chi connectivity index (χ1) is 5.93. The van der Waals surface area contributed by atoms with Crippen molar-refractivity contribution in [2.24, 2.45) is 5.73 Å². The summed E-state index contributed by atoms with van der Waals surface area (Å²) in [7, 11) is 0. The molecule has 1 rings (SSSR count). The van der Waals surface area contributed by atoms with Crippen molar-refractivity contribution in [1.29, 1.82) is 0 Å². The number of hydrogen-bond donors (Lipinski definition) is 1. The third-order valence-electron chi connectivity index (χ3n) is 2.17. The van der Waals surface area contributed by atoms with E-state index in [1.165, 1.54) is 12.8 Å². The summed E-state index contributed by atoms with van der Waals surface area (Å²) in [5, 5.41) is 0. The van der Waals surface area contributed by atoms with E-state index in [9.17, 15) is 0 Å². The van der Waals surface area contributed by atoms with Gasteiger partial charge in [0.2, 0.25) is 0 Å². The molecule has 0 heterocycles. The predicted octanol–water partition coefficient (Wildman–Crippen LogP) is 1.85. The lowest BCUT2D eigenvalue weighted by Crippen LogP contribution is -2.15. The van der Waals surface area contributed by atoms with Crippen molar-refractivity contribution in [3.05, 3.63) is 12.2 Å². The van der Waals surface area contributed by atoms with E-state index in [4.69, 9.17) is 10.5 Å². The molecular formula is C10H19NO. The molecule has 1 aliphatic carbocycles. The third-order valence-corrected chi connectivity index (χ3v) is 2.17. The van der Waals surface area contributed by atoms with Crippen LogP contribution in [0, 0.1) is 0 Å². The van der Waals surface area contributed by atoms with Crippen molar-refractivity contribution in [2.45, 2.75) is 38.2 Å². The van der Waals surface area contributed by atoms with E-state index in [0.717, 1.165) is 32.4 Å². The van der Waals surface area contributed by atoms with Crippen LogP contribution in [-0.2, 0) is 4.74 Å². The molecule has 1 atom stereocenters. The molecule has 2 N–H and O–H groups in total. The molecular weight excluding hydrogens is 150 g/mol. The Morgan fingerprint density at radius 3 is 2.92 bits per heavy atom. The van der Waals surface area contributed by atoms with Crippen LogP contribution in [0.25, 0.3) is 0 Å². The lowest BCUT2D eigenvalue weighted by atomic mass is 10.1. The fourth-order valence-corrected chi connectivity index (χ4v) is 1.41. The maximum absolute atomic E-state index is 5.68. The highest BCUT2D eigenvalue weighted by molar-refractivity contribution is 4.90. The van der Waals surface area contributed by atoms with Gasteiger partial charge in [-0.05, 0) is 38.6 Å². The quantitative estimate of drug-likeness (QED) is 0.503. The van der Waals surface area contributed by atoms with Gasteiger partial charge in [0.1, 0.15) is 0 Å². The second-order valence-electron chi connectivity index (χ2n) is 3.27. The SMILES string of the molecule is NCCCCOC1CC=CCC1. The minimum atomic E-state index is 0.479. The smallest absolute Gasteiger partial charge is 0.0612 e. The summed E-state index contributed by atoms with van der Waals surface area (Å²) in [6.45, 7) is 1.67. The van der Waals surface area contributed by atoms with Crippen LogP contribution in [0.1, 0.15) is 32.1 Å². The fourth-order valence-electron chi connectivity index (χ4n) is 1.41. The molecule has 1 aliphatic rings. The van der Waals surface area contributed by atoms with Crippen LogP contribution in [0.4, 0.5) is 0 Å². The van der Waals surface area contributed by atoms with E-state index in [1.807, 2.05) is 0 Å². The number of ether oxygens (including phenoxy) is 1. The molecule has 1 unspecified atom stereocenters. The molecule has 0 radical (unpaired) electrons. The largest absolute Gasteiger partial charge is 0.378 e. The molecule has 2 nitrogen and oxygen atoms in total. The van der Waals surface area contributed by atoms with Gasteiger partial charge in [-0.25, -0.2) is 0 Å². The molecule has 0 saturated heterocycles. The topological polar surface area (TPSA) is 35.2 Å². The van der Waals surface area contributed by atoms with Gasteiger partial charge >= 0.3 is 0 Å². The molecule has 0 bridgehead atoms. The normalized spacial score (nSPS) is 22.9. The van der Waals surface area contributed by atoms with E-state index in [2.05, 4.69) is 12.2 Å². The second-order valence-corrected chi connectivity index (χ2v) is 3.27. The first-order valence-corrected chi connectivity index (χ1v) is 4.90. The van der Waals surface area contributed by atoms with Crippen LogP contribution in [0.15, 0.2) is 12.2 Å². The van der Waals surface area contributed by atoms with E-state index in [1.54, 1.807) is 0 Å². The van der Waals surface area contributed by atoms with Crippen molar-refractivity contribution < 1.29 is 4.74 Å². The average Bonchev–Trinajstić information content (AvgIpc) is 2.14. The molecule has 0 aromatic rings. The van der Waals surface area contributed by atoms with Gasteiger partial charge in [-0.15, -0.1) is 0 Å². The van der Waals surface area contributed by atoms with E-state index in [0.29, 0.717) is 6.10 Å². The van der Waals surface area contributed by atoms with Gasteiger partial charge in [-0.3, -0.25) is 0 Å². The Bertz CT molecular complexity index is 134. The maximum Gasteiger partial charge on any atom is 0.0612 e. The highest BCUT2D eigenvalue weighted by Crippen LogP contribution is 2.14. The van der Waals surface area contributed by atoms with Crippen LogP contribution < -0.4 is 5.73 Å². The van der Waals surface area contributed by atoms with E-state index in [-0.39, 0.29) is 0 Å². The first-order valence-electron chi connectivity index (χ1n) is 4.90. The zero-order valence-electron chi connectivity index (χ0n) is 7.67. The first kappa shape index (κ1) is 9.75. The van der Waals surface area contributed by atoms with Crippen LogP contribution in [0.2, 0.25) is 0 Å². The summed E-state index contributed by atoms with van der Waals surface area (Å²) in [6, 6.07) is 0. The predicted molar refractivity (Wildman–Crippen MR) is 51.0 cm³/mol. The molecule has 2 heteroatoms. The molecule has 0 aliphatic heterocycles. The maximum atomic E-state index is 5.68. The van der Waals surface area contributed by atoms with Crippen molar-refractivity contribution in [2.75, 3.05) is 13.2 Å². The minimum Gasteiger partial charge on any atom is -0.378 e. The molecule has 0 saturated carbocycles. The zero-order chi connectivity index (χ0) is 8.65. The number of unbranched alkanes of at least 4 members (excludes halogenated alkanes) is 1. The molecule has 12 heavy (non-hydrogen) atoms. The zero-order valence-corrected chi connectivity index (χ0v) is 7.67. The Hall–Kier alpha value is -0.340. The van der Waals surface area contributed by atoms with Crippen LogP contribution in [-0.4, -0.2) is 19.3 Å². The lowest BCUT2D eigenvalue weighted by molar-refractivity contribution is 0.0455. The standard InChI is InChI=1S/C10H19NO/c11-8-4-5-9-12-10-6-2-1-3-7-10/h1-2,10H,3-9,11H2. The number of rotatable bonds is 5. The molecule has 0 fully saturated rings. The Morgan fingerprint density at radius 2 is 2.25 bits per heavy atom. The van der Waals surface area contributed by atoms with Crippen molar-refractivity contribution in [1.82, 2.24) is 0 Å². The summed E-state index contributed by atoms with van der Waals surface area (Å²) < 4.78 is 5.68. The van der Waals surface area contributed by atoms with Crippen LogP contribution in [0.3, 0.4) is 0 Å². The second kappa shape index (κ2) is 6.21. The van der Waals surface area contributed by atoms with Crippen LogP contribution >= 0.6 is 0 Å². The van der Waals surface area contributed by atoms with Gasteiger partial charge < -0.3 is 10.5 Å². The molecule has 70 valence electrons. The van der Waals surface area contributed by atoms with Gasteiger partial charge in [0.15, 0.2) is 0 Å². The fraction of sp³-hybridized carbons (Fsp3) is 0.800. The summed E-state index contributed by atoms with van der Waals surface area (Å²) in [4.78, 5) is 0. The highest BCUT2D eigenvalue weighted by Gasteiger charge is 2.08. The van der Waals surface area contributed by atoms with E-state index < -0.39 is 0 Å². The lowest BCUT2D eigenvalue weighted by Gasteiger charge is -2.18. The molecule has 0 aromatic carbocycles. The Kier molecular flexibility index (Phi) is 5.04. The third kappa shape index (κ3) is 3.88. The highest BCUT2D eigenvalue weighted by atomic mass is 16.5. The monoisotopic (exact) mass is 169 g/mol. The molecule has 0 aromatic heterocycles. The average molecular weight is 169 g/mol.